The van der Waals surface area contributed by atoms with Gasteiger partial charge in [-0.05, 0) is 25.6 Å². The van der Waals surface area contributed by atoms with Crippen molar-refractivity contribution in [2.45, 2.75) is 13.3 Å². The van der Waals surface area contributed by atoms with E-state index in [0.717, 1.165) is 48.4 Å². The summed E-state index contributed by atoms with van der Waals surface area (Å²) in [6.07, 6.45) is 2.97. The van der Waals surface area contributed by atoms with Crippen LogP contribution in [-0.4, -0.2) is 38.8 Å². The molecule has 0 saturated heterocycles. The lowest BCUT2D eigenvalue weighted by Gasteiger charge is -2.24. The van der Waals surface area contributed by atoms with Gasteiger partial charge in [-0.2, -0.15) is 0 Å². The molecular weight excluding hydrogens is 250 g/mol. The van der Waals surface area contributed by atoms with E-state index >= 15 is 0 Å². The first-order valence-corrected chi connectivity index (χ1v) is 7.13. The van der Waals surface area contributed by atoms with E-state index in [4.69, 9.17) is 4.74 Å². The summed E-state index contributed by atoms with van der Waals surface area (Å²) < 4.78 is 5.44. The molecule has 0 atom stereocenters. The lowest BCUT2D eigenvalue weighted by atomic mass is 10.1. The van der Waals surface area contributed by atoms with Gasteiger partial charge in [0.2, 0.25) is 0 Å². The number of fused-ring (bicyclic) bond motifs is 1. The molecule has 4 heteroatoms. The van der Waals surface area contributed by atoms with Crippen LogP contribution < -0.4 is 15.0 Å². The van der Waals surface area contributed by atoms with E-state index in [1.807, 2.05) is 31.4 Å². The van der Waals surface area contributed by atoms with Crippen molar-refractivity contribution in [3.63, 3.8) is 0 Å². The molecule has 0 amide bonds. The summed E-state index contributed by atoms with van der Waals surface area (Å²) >= 11 is 0. The van der Waals surface area contributed by atoms with E-state index in [0.29, 0.717) is 0 Å². The van der Waals surface area contributed by atoms with Gasteiger partial charge in [-0.15, -0.1) is 0 Å². The molecule has 0 spiro atoms. The van der Waals surface area contributed by atoms with Crippen LogP contribution in [-0.2, 0) is 0 Å². The van der Waals surface area contributed by atoms with Crippen LogP contribution in [0.5, 0.6) is 5.75 Å². The number of benzene rings is 1. The maximum atomic E-state index is 5.44. The van der Waals surface area contributed by atoms with Gasteiger partial charge >= 0.3 is 0 Å². The number of ether oxygens (including phenoxy) is 1. The summed E-state index contributed by atoms with van der Waals surface area (Å²) in [5.74, 6) is 1.94. The molecular formula is C16H23N3O. The smallest absolute Gasteiger partial charge is 0.136 e. The lowest BCUT2D eigenvalue weighted by Crippen LogP contribution is -2.32. The summed E-state index contributed by atoms with van der Waals surface area (Å²) in [5.41, 5.74) is 0. The van der Waals surface area contributed by atoms with Crippen molar-refractivity contribution < 1.29 is 4.74 Å². The maximum absolute atomic E-state index is 5.44. The van der Waals surface area contributed by atoms with Crippen LogP contribution in [0.25, 0.3) is 10.8 Å². The van der Waals surface area contributed by atoms with Crippen LogP contribution in [0.4, 0.5) is 5.82 Å². The Labute approximate surface area is 120 Å². The standard InChI is InChI=1S/C16H23N3O/c1-4-11-19(12-10-17-2)16-14-6-5-7-15(20-3)13(14)8-9-18-16/h5-9,17H,4,10-12H2,1-3H3. The van der Waals surface area contributed by atoms with Crippen molar-refractivity contribution >= 4 is 16.6 Å². The molecule has 0 bridgehead atoms. The number of anilines is 1. The van der Waals surface area contributed by atoms with Gasteiger partial charge in [0, 0.05) is 36.6 Å². The van der Waals surface area contributed by atoms with Crippen LogP contribution in [0, 0.1) is 0 Å². The second-order valence-corrected chi connectivity index (χ2v) is 4.78. The first-order chi connectivity index (χ1) is 9.81. The second-order valence-electron chi connectivity index (χ2n) is 4.78. The number of nitrogens with one attached hydrogen (secondary N) is 1. The monoisotopic (exact) mass is 273 g/mol. The van der Waals surface area contributed by atoms with E-state index < -0.39 is 0 Å². The lowest BCUT2D eigenvalue weighted by molar-refractivity contribution is 0.420. The van der Waals surface area contributed by atoms with Crippen molar-refractivity contribution in [1.29, 1.82) is 0 Å². The Bertz CT molecular complexity index is 556. The predicted octanol–water partition coefficient (Wildman–Crippen LogP) is 2.68. The number of hydrogen-bond acceptors (Lipinski definition) is 4. The highest BCUT2D eigenvalue weighted by molar-refractivity contribution is 5.96. The third-order valence-electron chi connectivity index (χ3n) is 3.39. The highest BCUT2D eigenvalue weighted by Crippen LogP contribution is 2.30. The molecule has 0 radical (unpaired) electrons. The number of pyridine rings is 1. The molecule has 4 nitrogen and oxygen atoms in total. The SMILES string of the molecule is CCCN(CCNC)c1nccc2c(OC)cccc12. The van der Waals surface area contributed by atoms with Gasteiger partial charge in [-0.3, -0.25) is 0 Å². The third kappa shape index (κ3) is 3.02. The number of aromatic nitrogens is 1. The summed E-state index contributed by atoms with van der Waals surface area (Å²) in [4.78, 5) is 6.93. The van der Waals surface area contributed by atoms with E-state index in [9.17, 15) is 0 Å². The first-order valence-electron chi connectivity index (χ1n) is 7.13. The van der Waals surface area contributed by atoms with Crippen molar-refractivity contribution in [3.8, 4) is 5.75 Å². The molecule has 1 aromatic heterocycles. The molecule has 0 unspecified atom stereocenters. The molecule has 0 fully saturated rings. The Morgan fingerprint density at radius 1 is 1.20 bits per heavy atom. The summed E-state index contributed by atoms with van der Waals surface area (Å²) in [5, 5.41) is 5.47. The van der Waals surface area contributed by atoms with E-state index in [1.54, 1.807) is 7.11 Å². The average Bonchev–Trinajstić information content (AvgIpc) is 2.50. The molecule has 108 valence electrons. The van der Waals surface area contributed by atoms with E-state index in [2.05, 4.69) is 28.2 Å². The minimum atomic E-state index is 0.899. The number of nitrogens with zero attached hydrogens (tertiary/aromatic N) is 2. The maximum Gasteiger partial charge on any atom is 0.136 e. The largest absolute Gasteiger partial charge is 0.496 e. The number of hydrogen-bond donors (Lipinski definition) is 1. The highest BCUT2D eigenvalue weighted by Gasteiger charge is 2.12. The molecule has 2 rings (SSSR count). The van der Waals surface area contributed by atoms with Crippen molar-refractivity contribution in [2.75, 3.05) is 38.7 Å². The normalized spacial score (nSPS) is 10.8. The molecule has 0 aliphatic carbocycles. The molecule has 2 aromatic rings. The highest BCUT2D eigenvalue weighted by atomic mass is 16.5. The van der Waals surface area contributed by atoms with Gasteiger partial charge in [0.05, 0.1) is 7.11 Å². The molecule has 0 aliphatic heterocycles. The average molecular weight is 273 g/mol. The number of methoxy groups -OCH3 is 1. The van der Waals surface area contributed by atoms with E-state index in [-0.39, 0.29) is 0 Å². The number of rotatable bonds is 7. The minimum Gasteiger partial charge on any atom is -0.496 e. The molecule has 20 heavy (non-hydrogen) atoms. The quantitative estimate of drug-likeness (QED) is 0.841. The molecule has 1 aromatic carbocycles. The van der Waals surface area contributed by atoms with Crippen LogP contribution in [0.3, 0.4) is 0 Å². The van der Waals surface area contributed by atoms with Crippen LogP contribution in [0.15, 0.2) is 30.5 Å². The fraction of sp³-hybridized carbons (Fsp3) is 0.438. The van der Waals surface area contributed by atoms with Gasteiger partial charge < -0.3 is 15.0 Å². The van der Waals surface area contributed by atoms with Gasteiger partial charge in [0.15, 0.2) is 0 Å². The van der Waals surface area contributed by atoms with E-state index in [1.165, 1.54) is 0 Å². The summed E-state index contributed by atoms with van der Waals surface area (Å²) in [6, 6.07) is 8.14. The Morgan fingerprint density at radius 3 is 2.75 bits per heavy atom. The van der Waals surface area contributed by atoms with Crippen molar-refractivity contribution in [2.24, 2.45) is 0 Å². The number of likely N-dealkylation sites (N-methyl/N-ethyl adjacent to an activating group) is 1. The minimum absolute atomic E-state index is 0.899. The van der Waals surface area contributed by atoms with Gasteiger partial charge in [-0.1, -0.05) is 19.1 Å². The molecule has 1 heterocycles. The van der Waals surface area contributed by atoms with Crippen LogP contribution in [0.1, 0.15) is 13.3 Å². The first kappa shape index (κ1) is 14.6. The fourth-order valence-electron chi connectivity index (χ4n) is 2.43. The molecule has 1 N–H and O–H groups in total. The Kier molecular flexibility index (Phi) is 5.18. The Hall–Kier alpha value is -1.81. The van der Waals surface area contributed by atoms with Gasteiger partial charge in [-0.25, -0.2) is 4.98 Å². The van der Waals surface area contributed by atoms with Crippen molar-refractivity contribution in [1.82, 2.24) is 10.3 Å². The van der Waals surface area contributed by atoms with Crippen molar-refractivity contribution in [3.05, 3.63) is 30.5 Å². The molecule has 0 saturated carbocycles. The van der Waals surface area contributed by atoms with Crippen LogP contribution in [0.2, 0.25) is 0 Å². The zero-order valence-corrected chi connectivity index (χ0v) is 12.5. The fourth-order valence-corrected chi connectivity index (χ4v) is 2.43. The Balaban J connectivity index is 2.46. The third-order valence-corrected chi connectivity index (χ3v) is 3.39. The predicted molar refractivity (Wildman–Crippen MR) is 84.7 cm³/mol. The second kappa shape index (κ2) is 7.10. The summed E-state index contributed by atoms with van der Waals surface area (Å²) in [7, 11) is 3.68. The van der Waals surface area contributed by atoms with Crippen LogP contribution >= 0.6 is 0 Å². The van der Waals surface area contributed by atoms with Gasteiger partial charge in [0.25, 0.3) is 0 Å². The Morgan fingerprint density at radius 2 is 2.05 bits per heavy atom. The summed E-state index contributed by atoms with van der Waals surface area (Å²) in [6.45, 7) is 5.10. The van der Waals surface area contributed by atoms with Gasteiger partial charge in [0.1, 0.15) is 11.6 Å². The molecule has 0 aliphatic rings. The topological polar surface area (TPSA) is 37.4 Å². The zero-order chi connectivity index (χ0) is 14.4. The zero-order valence-electron chi connectivity index (χ0n) is 12.5.